The number of hydrogen-bond donors (Lipinski definition) is 1. The van der Waals surface area contributed by atoms with Gasteiger partial charge in [-0.15, -0.1) is 0 Å². The molecule has 1 fully saturated rings. The number of aromatic nitrogens is 2. The summed E-state index contributed by atoms with van der Waals surface area (Å²) in [5.41, 5.74) is 5.01. The molecule has 42 heavy (non-hydrogen) atoms. The normalized spacial score (nSPS) is 14.0. The van der Waals surface area contributed by atoms with Crippen LogP contribution in [0.4, 0.5) is 5.69 Å². The summed E-state index contributed by atoms with van der Waals surface area (Å²) in [5, 5.41) is 16.8. The maximum atomic E-state index is 12.7. The van der Waals surface area contributed by atoms with Crippen molar-refractivity contribution in [2.45, 2.75) is 39.7 Å². The second-order valence-electron chi connectivity index (χ2n) is 11.8. The zero-order valence-corrected chi connectivity index (χ0v) is 25.3. The SMILES string of the molecule is Cc1cc(-c2c(C#N)cncc2N2CCN(C(=O)C=CCN(C)C)CC2)ccc1CNC(=O)c1cc(C(C)(C)C)on1. The average Bonchev–Trinajstić information content (AvgIpc) is 3.47. The predicted molar refractivity (Wildman–Crippen MR) is 162 cm³/mol. The van der Waals surface area contributed by atoms with Crippen molar-refractivity contribution in [1.29, 1.82) is 5.26 Å². The fraction of sp³-hybridized carbons (Fsp3) is 0.406. The first-order valence-electron chi connectivity index (χ1n) is 14.1. The number of amides is 2. The van der Waals surface area contributed by atoms with E-state index >= 15 is 0 Å². The highest BCUT2D eigenvalue weighted by Gasteiger charge is 2.25. The Balaban J connectivity index is 1.48. The fourth-order valence-electron chi connectivity index (χ4n) is 4.77. The van der Waals surface area contributed by atoms with Crippen LogP contribution in [0.1, 0.15) is 53.7 Å². The standard InChI is InChI=1S/C32H39N7O3/c1-22-16-23(9-10-24(22)20-35-31(41)26-17-28(42-36-26)32(2,3)4)30-25(18-33)19-34-21-27(30)38-12-14-39(15-13-38)29(40)8-7-11-37(5)6/h7-10,16-17,19,21H,11-15,20H2,1-6H3,(H,35,41). The van der Waals surface area contributed by atoms with Crippen molar-refractivity contribution in [3.05, 3.63) is 77.0 Å². The van der Waals surface area contributed by atoms with Crippen LogP contribution in [0, 0.1) is 18.3 Å². The summed E-state index contributed by atoms with van der Waals surface area (Å²) in [5.74, 6) is 0.364. The van der Waals surface area contributed by atoms with Crippen LogP contribution >= 0.6 is 0 Å². The lowest BCUT2D eigenvalue weighted by Crippen LogP contribution is -2.48. The summed E-state index contributed by atoms with van der Waals surface area (Å²) in [6.07, 6.45) is 6.89. The number of nitrogens with zero attached hydrogens (tertiary/aromatic N) is 6. The van der Waals surface area contributed by atoms with Crippen molar-refractivity contribution in [2.24, 2.45) is 0 Å². The minimum atomic E-state index is -0.299. The van der Waals surface area contributed by atoms with Gasteiger partial charge in [0.05, 0.1) is 17.4 Å². The summed E-state index contributed by atoms with van der Waals surface area (Å²) >= 11 is 0. The van der Waals surface area contributed by atoms with E-state index in [9.17, 15) is 14.9 Å². The van der Waals surface area contributed by atoms with Crippen LogP contribution in [0.15, 0.2) is 53.3 Å². The number of aryl methyl sites for hydroxylation is 1. The molecule has 0 spiro atoms. The van der Waals surface area contributed by atoms with E-state index in [4.69, 9.17) is 4.52 Å². The molecule has 4 rings (SSSR count). The molecule has 3 aromatic rings. The van der Waals surface area contributed by atoms with E-state index in [1.807, 2.05) is 75.9 Å². The third kappa shape index (κ3) is 7.22. The minimum absolute atomic E-state index is 0.0112. The molecule has 0 radical (unpaired) electrons. The molecule has 0 unspecified atom stereocenters. The smallest absolute Gasteiger partial charge is 0.273 e. The summed E-state index contributed by atoms with van der Waals surface area (Å²) < 4.78 is 5.34. The fourth-order valence-corrected chi connectivity index (χ4v) is 4.77. The Morgan fingerprint density at radius 2 is 1.88 bits per heavy atom. The predicted octanol–water partition coefficient (Wildman–Crippen LogP) is 3.91. The van der Waals surface area contributed by atoms with E-state index in [2.05, 4.69) is 26.4 Å². The van der Waals surface area contributed by atoms with Crippen molar-refractivity contribution in [2.75, 3.05) is 51.7 Å². The number of piperazine rings is 1. The number of benzene rings is 1. The quantitative estimate of drug-likeness (QED) is 0.406. The molecule has 1 aromatic carbocycles. The van der Waals surface area contributed by atoms with Gasteiger partial charge in [-0.3, -0.25) is 14.6 Å². The van der Waals surface area contributed by atoms with Gasteiger partial charge in [-0.1, -0.05) is 50.2 Å². The van der Waals surface area contributed by atoms with E-state index in [1.165, 1.54) is 0 Å². The molecular weight excluding hydrogens is 530 g/mol. The maximum Gasteiger partial charge on any atom is 0.273 e. The average molecular weight is 570 g/mol. The Bertz CT molecular complexity index is 1500. The molecule has 10 nitrogen and oxygen atoms in total. The second-order valence-corrected chi connectivity index (χ2v) is 11.8. The van der Waals surface area contributed by atoms with Gasteiger partial charge in [-0.2, -0.15) is 5.26 Å². The Labute approximate surface area is 247 Å². The van der Waals surface area contributed by atoms with Crippen LogP contribution in [0.25, 0.3) is 11.1 Å². The van der Waals surface area contributed by atoms with Gasteiger partial charge in [-0.05, 0) is 37.7 Å². The monoisotopic (exact) mass is 569 g/mol. The Morgan fingerprint density at radius 1 is 1.14 bits per heavy atom. The minimum Gasteiger partial charge on any atom is -0.366 e. The molecule has 0 atom stereocenters. The Morgan fingerprint density at radius 3 is 2.50 bits per heavy atom. The van der Waals surface area contributed by atoms with E-state index in [-0.39, 0.29) is 22.9 Å². The van der Waals surface area contributed by atoms with Gasteiger partial charge in [0.1, 0.15) is 11.8 Å². The largest absolute Gasteiger partial charge is 0.366 e. The van der Waals surface area contributed by atoms with Crippen LogP contribution in [0.2, 0.25) is 0 Å². The van der Waals surface area contributed by atoms with Gasteiger partial charge in [0.15, 0.2) is 5.69 Å². The highest BCUT2D eigenvalue weighted by Crippen LogP contribution is 2.35. The third-order valence-electron chi connectivity index (χ3n) is 7.26. The molecule has 0 saturated carbocycles. The first-order valence-corrected chi connectivity index (χ1v) is 14.1. The number of pyridine rings is 1. The third-order valence-corrected chi connectivity index (χ3v) is 7.26. The van der Waals surface area contributed by atoms with Crippen molar-refractivity contribution in [3.8, 4) is 17.2 Å². The number of carbonyl (C=O) groups excluding carboxylic acids is 2. The van der Waals surface area contributed by atoms with Gasteiger partial charge in [0.2, 0.25) is 5.91 Å². The number of nitrogens with one attached hydrogen (secondary N) is 1. The Kier molecular flexibility index (Phi) is 9.43. The highest BCUT2D eigenvalue weighted by atomic mass is 16.5. The van der Waals surface area contributed by atoms with E-state index < -0.39 is 0 Å². The number of likely N-dealkylation sites (N-methyl/N-ethyl adjacent to an activating group) is 1. The molecule has 0 bridgehead atoms. The molecule has 1 aliphatic rings. The zero-order chi connectivity index (χ0) is 30.4. The number of nitriles is 1. The first kappa shape index (κ1) is 30.5. The zero-order valence-electron chi connectivity index (χ0n) is 25.3. The number of carbonyl (C=O) groups is 2. The van der Waals surface area contributed by atoms with Crippen LogP contribution in [0.3, 0.4) is 0 Å². The lowest BCUT2D eigenvalue weighted by Gasteiger charge is -2.36. The molecule has 0 aliphatic carbocycles. The molecule has 220 valence electrons. The first-order chi connectivity index (χ1) is 20.0. The van der Waals surface area contributed by atoms with Crippen LogP contribution < -0.4 is 10.2 Å². The lowest BCUT2D eigenvalue weighted by atomic mass is 9.93. The topological polar surface area (TPSA) is 119 Å². The summed E-state index contributed by atoms with van der Waals surface area (Å²) in [6.45, 7) is 11.5. The molecule has 2 amide bonds. The van der Waals surface area contributed by atoms with E-state index in [0.29, 0.717) is 50.6 Å². The molecule has 1 saturated heterocycles. The summed E-state index contributed by atoms with van der Waals surface area (Å²) in [4.78, 5) is 35.7. The van der Waals surface area contributed by atoms with Crippen LogP contribution in [0.5, 0.6) is 0 Å². The number of anilines is 1. The van der Waals surface area contributed by atoms with Crippen molar-refractivity contribution >= 4 is 17.5 Å². The highest BCUT2D eigenvalue weighted by molar-refractivity contribution is 5.92. The summed E-state index contributed by atoms with van der Waals surface area (Å²) in [6, 6.07) is 9.95. The van der Waals surface area contributed by atoms with Gasteiger partial charge in [0, 0.05) is 68.6 Å². The van der Waals surface area contributed by atoms with Gasteiger partial charge >= 0.3 is 0 Å². The van der Waals surface area contributed by atoms with Crippen molar-refractivity contribution < 1.29 is 14.1 Å². The Hall–Kier alpha value is -4.49. The van der Waals surface area contributed by atoms with E-state index in [0.717, 1.165) is 27.9 Å². The lowest BCUT2D eigenvalue weighted by molar-refractivity contribution is -0.126. The molecule has 2 aromatic heterocycles. The molecule has 10 heteroatoms. The molecule has 1 N–H and O–H groups in total. The molecular formula is C32H39N7O3. The maximum absolute atomic E-state index is 12.7. The number of hydrogen-bond acceptors (Lipinski definition) is 8. The summed E-state index contributed by atoms with van der Waals surface area (Å²) in [7, 11) is 3.92. The van der Waals surface area contributed by atoms with Crippen molar-refractivity contribution in [3.63, 3.8) is 0 Å². The van der Waals surface area contributed by atoms with Crippen LogP contribution in [-0.2, 0) is 16.8 Å². The van der Waals surface area contributed by atoms with Crippen molar-refractivity contribution in [1.82, 2.24) is 25.3 Å². The van der Waals surface area contributed by atoms with Crippen LogP contribution in [-0.4, -0.2) is 78.6 Å². The van der Waals surface area contributed by atoms with E-state index in [1.54, 1.807) is 24.5 Å². The molecule has 1 aliphatic heterocycles. The van der Waals surface area contributed by atoms with Gasteiger partial charge in [0.25, 0.3) is 5.91 Å². The van der Waals surface area contributed by atoms with Gasteiger partial charge < -0.3 is 24.5 Å². The van der Waals surface area contributed by atoms with Gasteiger partial charge in [-0.25, -0.2) is 0 Å². The number of rotatable bonds is 8. The second kappa shape index (κ2) is 13.0. The molecule has 3 heterocycles.